The number of carboxylic acid groups (broad SMARTS) is 1. The normalized spacial score (nSPS) is 10.3. The topological polar surface area (TPSA) is 150 Å². The van der Waals surface area contributed by atoms with Crippen molar-refractivity contribution in [3.63, 3.8) is 0 Å². The number of aliphatic carboxylic acids is 1. The fourth-order valence-electron chi connectivity index (χ4n) is 0.253. The number of carbonyl (C=O) groups is 1. The van der Waals surface area contributed by atoms with E-state index < -0.39 is 12.1 Å². The summed E-state index contributed by atoms with van der Waals surface area (Å²) in [6.45, 7) is 2.38. The van der Waals surface area contributed by atoms with Gasteiger partial charge < -0.3 is 31.9 Å². The molecule has 0 bridgehead atoms. The van der Waals surface area contributed by atoms with Crippen LogP contribution in [0.4, 0.5) is 0 Å². The molecule has 8 N–H and O–H groups in total. The highest BCUT2D eigenvalue weighted by Gasteiger charge is 2.00. The molecule has 0 aromatic heterocycles. The van der Waals surface area contributed by atoms with E-state index in [1.807, 2.05) is 0 Å². The molecule has 0 spiro atoms. The van der Waals surface area contributed by atoms with E-state index in [1.54, 1.807) is 0 Å². The van der Waals surface area contributed by atoms with Crippen molar-refractivity contribution in [1.82, 2.24) is 0 Å². The fraction of sp³-hybridized carbons (Fsp3) is 0.875. The van der Waals surface area contributed by atoms with Crippen LogP contribution in [0.3, 0.4) is 0 Å². The monoisotopic (exact) mass is 226 g/mol. The molecule has 7 heteroatoms. The van der Waals surface area contributed by atoms with Crippen LogP contribution in [0.15, 0.2) is 0 Å². The highest BCUT2D eigenvalue weighted by atomic mass is 16.4. The maximum atomic E-state index is 9.65. The highest BCUT2D eigenvalue weighted by Crippen LogP contribution is 1.85. The van der Waals surface area contributed by atoms with Crippen LogP contribution in [0.2, 0.25) is 0 Å². The van der Waals surface area contributed by atoms with E-state index in [1.165, 1.54) is 6.92 Å². The number of carboxylic acids is 1. The van der Waals surface area contributed by atoms with Gasteiger partial charge in [0.25, 0.3) is 0 Å². The molecule has 94 valence electrons. The van der Waals surface area contributed by atoms with Crippen LogP contribution in [0, 0.1) is 0 Å². The molecule has 0 amide bonds. The Morgan fingerprint density at radius 3 is 1.47 bits per heavy atom. The highest BCUT2D eigenvalue weighted by molar-refractivity contribution is 5.67. The maximum absolute atomic E-state index is 9.65. The second-order valence-electron chi connectivity index (χ2n) is 2.47. The average Bonchev–Trinajstić information content (AvgIpc) is 2.16. The lowest BCUT2D eigenvalue weighted by Gasteiger charge is -1.94. The average molecular weight is 226 g/mol. The van der Waals surface area contributed by atoms with Gasteiger partial charge in [0.15, 0.2) is 0 Å². The van der Waals surface area contributed by atoms with Crippen LogP contribution >= 0.6 is 0 Å². The Bertz CT molecular complexity index is 114. The Morgan fingerprint density at radius 1 is 1.20 bits per heavy atom. The Labute approximate surface area is 89.3 Å². The van der Waals surface area contributed by atoms with Gasteiger partial charge in [0, 0.05) is 13.1 Å². The molecule has 0 saturated heterocycles. The van der Waals surface area contributed by atoms with Crippen LogP contribution < -0.4 is 11.5 Å². The number of rotatable bonds is 4. The van der Waals surface area contributed by atoms with E-state index in [-0.39, 0.29) is 19.6 Å². The van der Waals surface area contributed by atoms with E-state index in [0.29, 0.717) is 13.1 Å². The van der Waals surface area contributed by atoms with Gasteiger partial charge in [-0.05, 0) is 6.92 Å². The van der Waals surface area contributed by atoms with Gasteiger partial charge in [-0.25, -0.2) is 0 Å². The summed E-state index contributed by atoms with van der Waals surface area (Å²) < 4.78 is 0. The smallest absolute Gasteiger partial charge is 0.305 e. The summed E-state index contributed by atoms with van der Waals surface area (Å²) >= 11 is 0. The van der Waals surface area contributed by atoms with Gasteiger partial charge in [0.1, 0.15) is 0 Å². The molecule has 0 fully saturated rings. The lowest BCUT2D eigenvalue weighted by atomic mass is 10.3. The Kier molecular flexibility index (Phi) is 25.0. The Hall–Kier alpha value is -0.730. The molecule has 0 aromatic rings. The molecule has 0 radical (unpaired) electrons. The van der Waals surface area contributed by atoms with Crippen molar-refractivity contribution in [3.8, 4) is 0 Å². The van der Waals surface area contributed by atoms with Crippen LogP contribution in [-0.2, 0) is 4.79 Å². The molecule has 1 atom stereocenters. The molecule has 0 aliphatic carbocycles. The van der Waals surface area contributed by atoms with Crippen molar-refractivity contribution in [3.05, 3.63) is 0 Å². The number of aliphatic hydroxyl groups is 3. The second-order valence-corrected chi connectivity index (χ2v) is 2.47. The zero-order valence-electron chi connectivity index (χ0n) is 8.96. The third-order valence-electron chi connectivity index (χ3n) is 0.728. The standard InChI is InChI=1S/C4H8O3.2C2H7NO/c1-3(5)2-4(6)7;2*3-1-2-4/h3,5H,2H2,1H3,(H,6,7);2*4H,1-3H2. The van der Waals surface area contributed by atoms with Gasteiger partial charge in [0.05, 0.1) is 25.7 Å². The number of aliphatic hydroxyl groups excluding tert-OH is 3. The van der Waals surface area contributed by atoms with E-state index in [0.717, 1.165) is 0 Å². The Balaban J connectivity index is -0.000000155. The summed E-state index contributed by atoms with van der Waals surface area (Å²) in [6.07, 6.45) is -0.891. The predicted molar refractivity (Wildman–Crippen MR) is 56.2 cm³/mol. The van der Waals surface area contributed by atoms with Crippen molar-refractivity contribution < 1.29 is 25.2 Å². The summed E-state index contributed by atoms with van der Waals surface area (Å²) in [5, 5.41) is 31.8. The van der Waals surface area contributed by atoms with Crippen molar-refractivity contribution in [1.29, 1.82) is 0 Å². The first-order chi connectivity index (χ1) is 6.95. The summed E-state index contributed by atoms with van der Waals surface area (Å²) in [5.41, 5.74) is 9.56. The minimum Gasteiger partial charge on any atom is -0.481 e. The lowest BCUT2D eigenvalue weighted by Crippen LogP contribution is -2.07. The van der Waals surface area contributed by atoms with E-state index in [9.17, 15) is 4.79 Å². The molecule has 0 rings (SSSR count). The summed E-state index contributed by atoms with van der Waals surface area (Å²) in [6, 6.07) is 0. The first-order valence-corrected chi connectivity index (χ1v) is 4.47. The number of hydrogen-bond donors (Lipinski definition) is 6. The molecule has 0 aromatic carbocycles. The first kappa shape index (κ1) is 19.8. The number of hydrogen-bond acceptors (Lipinski definition) is 6. The SMILES string of the molecule is CC(O)CC(=O)O.NCCO.NCCO. The summed E-state index contributed by atoms with van der Waals surface area (Å²) in [7, 11) is 0. The van der Waals surface area contributed by atoms with Gasteiger partial charge >= 0.3 is 5.97 Å². The quantitative estimate of drug-likeness (QED) is 0.316. The largest absolute Gasteiger partial charge is 0.481 e. The summed E-state index contributed by atoms with van der Waals surface area (Å²) in [4.78, 5) is 9.65. The minimum absolute atomic E-state index is 0.0972. The van der Waals surface area contributed by atoms with Gasteiger partial charge in [0.2, 0.25) is 0 Å². The number of nitrogens with two attached hydrogens (primary N) is 2. The van der Waals surface area contributed by atoms with E-state index >= 15 is 0 Å². The molecule has 0 saturated carbocycles. The van der Waals surface area contributed by atoms with Gasteiger partial charge in [-0.15, -0.1) is 0 Å². The van der Waals surface area contributed by atoms with Crippen molar-refractivity contribution in [2.75, 3.05) is 26.3 Å². The van der Waals surface area contributed by atoms with Crippen LogP contribution in [0.25, 0.3) is 0 Å². The third kappa shape index (κ3) is 60.7. The third-order valence-corrected chi connectivity index (χ3v) is 0.728. The minimum atomic E-state index is -0.963. The van der Waals surface area contributed by atoms with Crippen molar-refractivity contribution in [2.24, 2.45) is 11.5 Å². The molecule has 0 aliphatic rings. The molecule has 7 nitrogen and oxygen atoms in total. The van der Waals surface area contributed by atoms with Crippen molar-refractivity contribution >= 4 is 5.97 Å². The molecule has 0 aliphatic heterocycles. The van der Waals surface area contributed by atoms with Gasteiger partial charge in [-0.1, -0.05) is 0 Å². The predicted octanol–water partition coefficient (Wildman–Crippen LogP) is -2.28. The van der Waals surface area contributed by atoms with Crippen molar-refractivity contribution in [2.45, 2.75) is 19.4 Å². The fourth-order valence-corrected chi connectivity index (χ4v) is 0.253. The second kappa shape index (κ2) is 18.9. The van der Waals surface area contributed by atoms with Crippen LogP contribution in [-0.4, -0.2) is 58.8 Å². The summed E-state index contributed by atoms with van der Waals surface area (Å²) in [5.74, 6) is -0.963. The molecule has 1 unspecified atom stereocenters. The van der Waals surface area contributed by atoms with Gasteiger partial charge in [-0.3, -0.25) is 4.79 Å². The zero-order valence-corrected chi connectivity index (χ0v) is 8.96. The molecule has 0 heterocycles. The Morgan fingerprint density at radius 2 is 1.47 bits per heavy atom. The van der Waals surface area contributed by atoms with Crippen LogP contribution in [0.1, 0.15) is 13.3 Å². The van der Waals surface area contributed by atoms with E-state index in [4.69, 9.17) is 31.9 Å². The molecule has 15 heavy (non-hydrogen) atoms. The lowest BCUT2D eigenvalue weighted by molar-refractivity contribution is -0.138. The maximum Gasteiger partial charge on any atom is 0.305 e. The van der Waals surface area contributed by atoms with E-state index in [2.05, 4.69) is 0 Å². The molecular weight excluding hydrogens is 204 g/mol. The first-order valence-electron chi connectivity index (χ1n) is 4.47. The van der Waals surface area contributed by atoms with Crippen LogP contribution in [0.5, 0.6) is 0 Å². The zero-order chi connectivity index (χ0) is 12.7. The molecular formula is C8H22N2O5. The van der Waals surface area contributed by atoms with Gasteiger partial charge in [-0.2, -0.15) is 0 Å².